The van der Waals surface area contributed by atoms with Gasteiger partial charge in [-0.05, 0) is 6.07 Å². The molecular formula is C16H17ClN4O4S. The average Bonchev–Trinajstić information content (AvgIpc) is 3.03. The molecule has 3 N–H and O–H groups in total. The first-order valence-electron chi connectivity index (χ1n) is 7.95. The van der Waals surface area contributed by atoms with E-state index in [1.54, 1.807) is 5.38 Å². The molecule has 0 atom stereocenters. The number of nitrogens with two attached hydrogens (primary N) is 1. The minimum atomic E-state index is -0.482. The van der Waals surface area contributed by atoms with Crippen molar-refractivity contribution >= 4 is 39.9 Å². The van der Waals surface area contributed by atoms with Crippen LogP contribution in [0.5, 0.6) is 5.88 Å². The summed E-state index contributed by atoms with van der Waals surface area (Å²) in [7, 11) is 0. The van der Waals surface area contributed by atoms with Gasteiger partial charge in [-0.15, -0.1) is 11.3 Å². The number of halogens is 1. The van der Waals surface area contributed by atoms with Crippen LogP contribution < -0.4 is 15.8 Å². The molecule has 1 aliphatic heterocycles. The van der Waals surface area contributed by atoms with Gasteiger partial charge in [-0.25, -0.2) is 9.97 Å². The van der Waals surface area contributed by atoms with Gasteiger partial charge in [0.05, 0.1) is 30.9 Å². The van der Waals surface area contributed by atoms with Crippen molar-refractivity contribution in [1.29, 1.82) is 0 Å². The third-order valence-corrected chi connectivity index (χ3v) is 4.72. The number of hydrogen-bond acceptors (Lipinski definition) is 7. The van der Waals surface area contributed by atoms with E-state index in [2.05, 4.69) is 15.3 Å². The van der Waals surface area contributed by atoms with Gasteiger partial charge in [-0.1, -0.05) is 11.6 Å². The van der Waals surface area contributed by atoms with Crippen molar-refractivity contribution in [3.8, 4) is 5.88 Å². The molecule has 2 amide bonds. The maximum atomic E-state index is 12.3. The van der Waals surface area contributed by atoms with Crippen LogP contribution >= 0.6 is 22.9 Å². The van der Waals surface area contributed by atoms with Gasteiger partial charge in [-0.3, -0.25) is 14.9 Å². The van der Waals surface area contributed by atoms with Crippen LogP contribution in [0.1, 0.15) is 28.9 Å². The van der Waals surface area contributed by atoms with E-state index < -0.39 is 11.8 Å². The molecule has 1 aliphatic rings. The molecule has 2 aromatic rings. The zero-order valence-electron chi connectivity index (χ0n) is 13.7. The predicted molar refractivity (Wildman–Crippen MR) is 96.7 cm³/mol. The van der Waals surface area contributed by atoms with Gasteiger partial charge in [0.2, 0.25) is 11.8 Å². The van der Waals surface area contributed by atoms with E-state index in [1.807, 2.05) is 0 Å². The second-order valence-electron chi connectivity index (χ2n) is 5.68. The molecule has 0 radical (unpaired) electrons. The molecule has 3 heterocycles. The van der Waals surface area contributed by atoms with Crippen LogP contribution in [-0.2, 0) is 16.0 Å². The first-order chi connectivity index (χ1) is 12.5. The molecule has 0 spiro atoms. The van der Waals surface area contributed by atoms with Gasteiger partial charge in [0.15, 0.2) is 5.13 Å². The molecule has 3 rings (SSSR count). The summed E-state index contributed by atoms with van der Waals surface area (Å²) in [6.07, 6.45) is 2.98. The largest absolute Gasteiger partial charge is 0.473 e. The van der Waals surface area contributed by atoms with Gasteiger partial charge in [0.1, 0.15) is 11.1 Å². The number of anilines is 1. The zero-order valence-corrected chi connectivity index (χ0v) is 15.3. The number of nitrogens with zero attached hydrogens (tertiary/aromatic N) is 2. The summed E-state index contributed by atoms with van der Waals surface area (Å²) in [5, 5.41) is 4.93. The molecule has 1 saturated heterocycles. The predicted octanol–water partition coefficient (Wildman–Crippen LogP) is 2.03. The monoisotopic (exact) mass is 396 g/mol. The molecule has 0 unspecified atom stereocenters. The lowest BCUT2D eigenvalue weighted by Gasteiger charge is -2.23. The van der Waals surface area contributed by atoms with E-state index in [9.17, 15) is 9.59 Å². The van der Waals surface area contributed by atoms with Gasteiger partial charge in [0, 0.05) is 24.4 Å². The minimum absolute atomic E-state index is 0.00687. The Bertz CT molecular complexity index is 807. The van der Waals surface area contributed by atoms with Crippen LogP contribution in [0.4, 0.5) is 5.13 Å². The Morgan fingerprint density at radius 1 is 1.42 bits per heavy atom. The van der Waals surface area contributed by atoms with Crippen LogP contribution in [-0.4, -0.2) is 41.1 Å². The van der Waals surface area contributed by atoms with Crippen molar-refractivity contribution in [2.24, 2.45) is 5.73 Å². The van der Waals surface area contributed by atoms with Crippen molar-refractivity contribution in [2.45, 2.75) is 25.4 Å². The Hall–Kier alpha value is -2.23. The standard InChI is InChI=1S/C16H17ClN4O4S/c17-12-5-9(7-19-15(12)25-11-1-3-24-4-2-11)14(23)21-16-20-10(8-26-16)6-13(18)22/h5,7-8,11H,1-4,6H2,(H2,18,22)(H,20,21,23). The fraction of sp³-hybridized carbons (Fsp3) is 0.375. The Kier molecular flexibility index (Phi) is 6.02. The van der Waals surface area contributed by atoms with Crippen molar-refractivity contribution < 1.29 is 19.1 Å². The first kappa shape index (κ1) is 18.6. The highest BCUT2D eigenvalue weighted by molar-refractivity contribution is 7.14. The summed E-state index contributed by atoms with van der Waals surface area (Å²) in [5.41, 5.74) is 5.91. The van der Waals surface area contributed by atoms with E-state index in [4.69, 9.17) is 26.8 Å². The molecular weight excluding hydrogens is 380 g/mol. The smallest absolute Gasteiger partial charge is 0.259 e. The lowest BCUT2D eigenvalue weighted by atomic mass is 10.1. The molecule has 0 aromatic carbocycles. The molecule has 0 aliphatic carbocycles. The molecule has 2 aromatic heterocycles. The Labute approximate surface area is 158 Å². The SMILES string of the molecule is NC(=O)Cc1csc(NC(=O)c2cnc(OC3CCOCC3)c(Cl)c2)n1. The number of amides is 2. The number of carbonyl (C=O) groups is 2. The number of carbonyl (C=O) groups excluding carboxylic acids is 2. The van der Waals surface area contributed by atoms with Gasteiger partial charge < -0.3 is 15.2 Å². The van der Waals surface area contributed by atoms with Crippen LogP contribution in [0.3, 0.4) is 0 Å². The van der Waals surface area contributed by atoms with Gasteiger partial charge >= 0.3 is 0 Å². The highest BCUT2D eigenvalue weighted by Gasteiger charge is 2.19. The Balaban J connectivity index is 1.63. The Morgan fingerprint density at radius 2 is 2.19 bits per heavy atom. The van der Waals surface area contributed by atoms with Crippen LogP contribution in [0.15, 0.2) is 17.6 Å². The van der Waals surface area contributed by atoms with Crippen molar-refractivity contribution in [3.63, 3.8) is 0 Å². The number of hydrogen-bond donors (Lipinski definition) is 2. The van der Waals surface area contributed by atoms with E-state index in [-0.39, 0.29) is 23.1 Å². The quantitative estimate of drug-likeness (QED) is 0.771. The highest BCUT2D eigenvalue weighted by atomic mass is 35.5. The number of aromatic nitrogens is 2. The number of ether oxygens (including phenoxy) is 2. The molecule has 1 fully saturated rings. The van der Waals surface area contributed by atoms with Crippen molar-refractivity contribution in [3.05, 3.63) is 33.9 Å². The van der Waals surface area contributed by atoms with Crippen LogP contribution in [0, 0.1) is 0 Å². The van der Waals surface area contributed by atoms with Gasteiger partial charge in [-0.2, -0.15) is 0 Å². The number of pyridine rings is 1. The summed E-state index contributed by atoms with van der Waals surface area (Å²) in [6.45, 7) is 1.29. The maximum Gasteiger partial charge on any atom is 0.259 e. The van der Waals surface area contributed by atoms with Crippen molar-refractivity contribution in [2.75, 3.05) is 18.5 Å². The van der Waals surface area contributed by atoms with E-state index in [0.29, 0.717) is 29.9 Å². The molecule has 138 valence electrons. The highest BCUT2D eigenvalue weighted by Crippen LogP contribution is 2.26. The van der Waals surface area contributed by atoms with E-state index in [1.165, 1.54) is 23.6 Å². The topological polar surface area (TPSA) is 116 Å². The van der Waals surface area contributed by atoms with Gasteiger partial charge in [0.25, 0.3) is 5.91 Å². The average molecular weight is 397 g/mol. The summed E-state index contributed by atoms with van der Waals surface area (Å²) >= 11 is 7.40. The number of nitrogens with one attached hydrogen (secondary N) is 1. The number of primary amides is 1. The van der Waals surface area contributed by atoms with Crippen LogP contribution in [0.25, 0.3) is 0 Å². The summed E-state index contributed by atoms with van der Waals surface area (Å²) in [5.74, 6) is -0.589. The second kappa shape index (κ2) is 8.43. The lowest BCUT2D eigenvalue weighted by molar-refractivity contribution is -0.117. The molecule has 8 nitrogen and oxygen atoms in total. The summed E-state index contributed by atoms with van der Waals surface area (Å²) in [4.78, 5) is 31.5. The normalized spacial score (nSPS) is 14.8. The fourth-order valence-electron chi connectivity index (χ4n) is 2.38. The number of thiazole rings is 1. The molecule has 0 bridgehead atoms. The fourth-order valence-corrected chi connectivity index (χ4v) is 3.30. The molecule has 26 heavy (non-hydrogen) atoms. The first-order valence-corrected chi connectivity index (χ1v) is 9.21. The molecule has 10 heteroatoms. The second-order valence-corrected chi connectivity index (χ2v) is 6.95. The van der Waals surface area contributed by atoms with E-state index in [0.717, 1.165) is 12.8 Å². The van der Waals surface area contributed by atoms with Crippen molar-refractivity contribution in [1.82, 2.24) is 9.97 Å². The lowest BCUT2D eigenvalue weighted by Crippen LogP contribution is -2.26. The third-order valence-electron chi connectivity index (χ3n) is 3.64. The number of rotatable bonds is 6. The summed E-state index contributed by atoms with van der Waals surface area (Å²) in [6, 6.07) is 1.50. The third kappa shape index (κ3) is 4.90. The minimum Gasteiger partial charge on any atom is -0.473 e. The zero-order chi connectivity index (χ0) is 18.5. The maximum absolute atomic E-state index is 12.3. The summed E-state index contributed by atoms with van der Waals surface area (Å²) < 4.78 is 11.1. The Morgan fingerprint density at radius 3 is 2.88 bits per heavy atom. The van der Waals surface area contributed by atoms with E-state index >= 15 is 0 Å². The van der Waals surface area contributed by atoms with Crippen LogP contribution in [0.2, 0.25) is 5.02 Å². The molecule has 0 saturated carbocycles.